The number of nitro groups is 1. The van der Waals surface area contributed by atoms with Crippen molar-refractivity contribution in [3.63, 3.8) is 0 Å². The lowest BCUT2D eigenvalue weighted by atomic mass is 10.1. The number of nitrogens with one attached hydrogen (secondary N) is 1. The largest absolute Gasteiger partial charge is 0.452 e. The van der Waals surface area contributed by atoms with E-state index in [1.165, 1.54) is 48.5 Å². The van der Waals surface area contributed by atoms with Gasteiger partial charge in [0, 0.05) is 23.4 Å². The molecule has 0 aromatic heterocycles. The standard InChI is InChI=1S/C16H13N3O6/c17-15(21)10-1-3-11(4-2-10)16(22)25-9-14(20)18-12-5-7-13(8-6-12)19(23)24/h1-8H,9H2,(H2,17,21)(H,18,20). The maximum absolute atomic E-state index is 11.8. The maximum atomic E-state index is 11.8. The molecule has 9 heteroatoms. The summed E-state index contributed by atoms with van der Waals surface area (Å²) in [6.45, 7) is -0.534. The second kappa shape index (κ2) is 7.68. The molecule has 0 heterocycles. The van der Waals surface area contributed by atoms with E-state index in [0.717, 1.165) is 0 Å². The van der Waals surface area contributed by atoms with Crippen LogP contribution in [0.25, 0.3) is 0 Å². The highest BCUT2D eigenvalue weighted by atomic mass is 16.6. The molecule has 3 N–H and O–H groups in total. The van der Waals surface area contributed by atoms with Crippen LogP contribution in [0.1, 0.15) is 20.7 Å². The van der Waals surface area contributed by atoms with Crippen molar-refractivity contribution in [2.75, 3.05) is 11.9 Å². The van der Waals surface area contributed by atoms with Crippen LogP contribution in [0.3, 0.4) is 0 Å². The van der Waals surface area contributed by atoms with Gasteiger partial charge in [-0.15, -0.1) is 0 Å². The van der Waals surface area contributed by atoms with E-state index in [-0.39, 0.29) is 16.8 Å². The summed E-state index contributed by atoms with van der Waals surface area (Å²) in [6.07, 6.45) is 0. The van der Waals surface area contributed by atoms with Crippen molar-refractivity contribution in [1.29, 1.82) is 0 Å². The Morgan fingerprint density at radius 1 is 1.00 bits per heavy atom. The predicted octanol–water partition coefficient (Wildman–Crippen LogP) is 1.49. The number of nitrogens with two attached hydrogens (primary N) is 1. The van der Waals surface area contributed by atoms with Gasteiger partial charge in [-0.25, -0.2) is 4.79 Å². The summed E-state index contributed by atoms with van der Waals surface area (Å²) >= 11 is 0. The highest BCUT2D eigenvalue weighted by Crippen LogP contribution is 2.15. The fraction of sp³-hybridized carbons (Fsp3) is 0.0625. The van der Waals surface area contributed by atoms with Gasteiger partial charge in [0.15, 0.2) is 6.61 Å². The van der Waals surface area contributed by atoms with Crippen LogP contribution in [0.5, 0.6) is 0 Å². The lowest BCUT2D eigenvalue weighted by Crippen LogP contribution is -2.21. The zero-order valence-corrected chi connectivity index (χ0v) is 12.8. The van der Waals surface area contributed by atoms with E-state index in [4.69, 9.17) is 10.5 Å². The average Bonchev–Trinajstić information content (AvgIpc) is 2.60. The second-order valence-electron chi connectivity index (χ2n) is 4.87. The third-order valence-corrected chi connectivity index (χ3v) is 3.10. The summed E-state index contributed by atoms with van der Waals surface area (Å²) in [7, 11) is 0. The van der Waals surface area contributed by atoms with Crippen molar-refractivity contribution in [2.45, 2.75) is 0 Å². The van der Waals surface area contributed by atoms with Crippen LogP contribution in [0.15, 0.2) is 48.5 Å². The van der Waals surface area contributed by atoms with E-state index in [1.807, 2.05) is 0 Å². The van der Waals surface area contributed by atoms with Crippen LogP contribution in [-0.2, 0) is 9.53 Å². The average molecular weight is 343 g/mol. The number of ether oxygens (including phenoxy) is 1. The molecule has 2 rings (SSSR count). The molecular formula is C16H13N3O6. The molecule has 0 aliphatic heterocycles. The number of non-ortho nitro benzene ring substituents is 1. The van der Waals surface area contributed by atoms with Gasteiger partial charge in [-0.05, 0) is 36.4 Å². The summed E-state index contributed by atoms with van der Waals surface area (Å²) < 4.78 is 4.85. The van der Waals surface area contributed by atoms with Gasteiger partial charge >= 0.3 is 5.97 Å². The molecule has 0 saturated heterocycles. The molecule has 2 amide bonds. The van der Waals surface area contributed by atoms with Crippen molar-refractivity contribution in [3.8, 4) is 0 Å². The first-order chi connectivity index (χ1) is 11.9. The van der Waals surface area contributed by atoms with Gasteiger partial charge in [0.05, 0.1) is 10.5 Å². The van der Waals surface area contributed by atoms with Gasteiger partial charge < -0.3 is 15.8 Å². The fourth-order valence-electron chi connectivity index (χ4n) is 1.85. The van der Waals surface area contributed by atoms with E-state index >= 15 is 0 Å². The van der Waals surface area contributed by atoms with E-state index in [0.29, 0.717) is 5.69 Å². The van der Waals surface area contributed by atoms with Crippen molar-refractivity contribution >= 4 is 29.2 Å². The number of amides is 2. The Hall–Kier alpha value is -3.75. The molecule has 0 radical (unpaired) electrons. The third-order valence-electron chi connectivity index (χ3n) is 3.10. The van der Waals surface area contributed by atoms with Crippen molar-refractivity contribution in [1.82, 2.24) is 0 Å². The number of nitrogens with zero attached hydrogens (tertiary/aromatic N) is 1. The molecule has 2 aromatic rings. The molecule has 9 nitrogen and oxygen atoms in total. The molecule has 0 saturated carbocycles. The van der Waals surface area contributed by atoms with Crippen LogP contribution >= 0.6 is 0 Å². The van der Waals surface area contributed by atoms with Gasteiger partial charge in [-0.2, -0.15) is 0 Å². The molecule has 0 fully saturated rings. The quantitative estimate of drug-likeness (QED) is 0.462. The lowest BCUT2D eigenvalue weighted by Gasteiger charge is -2.07. The topological polar surface area (TPSA) is 142 Å². The Labute approximate surface area is 141 Å². The van der Waals surface area contributed by atoms with E-state index in [9.17, 15) is 24.5 Å². The number of nitro benzene ring substituents is 1. The summed E-state index contributed by atoms with van der Waals surface area (Å²) in [6, 6.07) is 10.7. The molecule has 0 aliphatic carbocycles. The Morgan fingerprint density at radius 3 is 2.08 bits per heavy atom. The maximum Gasteiger partial charge on any atom is 0.338 e. The summed E-state index contributed by atoms with van der Waals surface area (Å²) in [5.41, 5.74) is 5.72. The van der Waals surface area contributed by atoms with Gasteiger partial charge in [0.1, 0.15) is 0 Å². The number of rotatable bonds is 6. The molecule has 0 bridgehead atoms. The lowest BCUT2D eigenvalue weighted by molar-refractivity contribution is -0.384. The van der Waals surface area contributed by atoms with Gasteiger partial charge in [0.25, 0.3) is 11.6 Å². The number of primary amides is 1. The highest BCUT2D eigenvalue weighted by molar-refractivity contribution is 5.97. The van der Waals surface area contributed by atoms with Crippen LogP contribution in [0.4, 0.5) is 11.4 Å². The van der Waals surface area contributed by atoms with Crippen molar-refractivity contribution in [3.05, 3.63) is 69.8 Å². The Bertz CT molecular complexity index is 815. The number of esters is 1. The van der Waals surface area contributed by atoms with Crippen molar-refractivity contribution < 1.29 is 24.0 Å². The molecule has 128 valence electrons. The zero-order chi connectivity index (χ0) is 18.4. The van der Waals surface area contributed by atoms with Crippen molar-refractivity contribution in [2.24, 2.45) is 5.73 Å². The molecule has 2 aromatic carbocycles. The number of anilines is 1. The summed E-state index contributed by atoms with van der Waals surface area (Å²) in [4.78, 5) is 44.5. The molecule has 0 aliphatic rings. The fourth-order valence-corrected chi connectivity index (χ4v) is 1.85. The van der Waals surface area contributed by atoms with Crippen LogP contribution < -0.4 is 11.1 Å². The Kier molecular flexibility index (Phi) is 5.41. The van der Waals surface area contributed by atoms with E-state index in [1.54, 1.807) is 0 Å². The number of benzene rings is 2. The second-order valence-corrected chi connectivity index (χ2v) is 4.87. The zero-order valence-electron chi connectivity index (χ0n) is 12.8. The molecule has 25 heavy (non-hydrogen) atoms. The first-order valence-electron chi connectivity index (χ1n) is 6.98. The third kappa shape index (κ3) is 4.86. The summed E-state index contributed by atoms with van der Waals surface area (Å²) in [5, 5.41) is 13.0. The molecule has 0 unspecified atom stereocenters. The van der Waals surface area contributed by atoms with Crippen LogP contribution in [0, 0.1) is 10.1 Å². The number of carbonyl (C=O) groups excluding carboxylic acids is 3. The predicted molar refractivity (Wildman–Crippen MR) is 87.0 cm³/mol. The first-order valence-corrected chi connectivity index (χ1v) is 6.98. The Balaban J connectivity index is 1.87. The van der Waals surface area contributed by atoms with Crippen LogP contribution in [-0.4, -0.2) is 29.3 Å². The SMILES string of the molecule is NC(=O)c1ccc(C(=O)OCC(=O)Nc2ccc([N+](=O)[O-])cc2)cc1. The monoisotopic (exact) mass is 343 g/mol. The van der Waals surface area contributed by atoms with Gasteiger partial charge in [0.2, 0.25) is 5.91 Å². The molecule has 0 atom stereocenters. The minimum absolute atomic E-state index is 0.108. The van der Waals surface area contributed by atoms with E-state index < -0.39 is 29.3 Å². The normalized spacial score (nSPS) is 9.92. The summed E-state index contributed by atoms with van der Waals surface area (Å²) in [5.74, 6) is -1.96. The minimum Gasteiger partial charge on any atom is -0.452 e. The Morgan fingerprint density at radius 2 is 1.56 bits per heavy atom. The number of hydrogen-bond acceptors (Lipinski definition) is 6. The highest BCUT2D eigenvalue weighted by Gasteiger charge is 2.12. The smallest absolute Gasteiger partial charge is 0.338 e. The molecular weight excluding hydrogens is 330 g/mol. The molecule has 0 spiro atoms. The van der Waals surface area contributed by atoms with E-state index in [2.05, 4.69) is 5.32 Å². The van der Waals surface area contributed by atoms with Gasteiger partial charge in [-0.1, -0.05) is 0 Å². The number of carbonyl (C=O) groups is 3. The first kappa shape index (κ1) is 17.6. The minimum atomic E-state index is -0.741. The number of hydrogen-bond donors (Lipinski definition) is 2. The van der Waals surface area contributed by atoms with Crippen LogP contribution in [0.2, 0.25) is 0 Å². The van der Waals surface area contributed by atoms with Gasteiger partial charge in [-0.3, -0.25) is 19.7 Å².